The maximum atomic E-state index is 3.99. The molecule has 2 heterocycles. The van der Waals surface area contributed by atoms with Crippen LogP contribution in [0, 0.1) is 0 Å². The Hall–Kier alpha value is -1.44. The number of hydrogen-bond acceptors (Lipinski definition) is 2. The first-order valence-corrected chi connectivity index (χ1v) is 3.10. The van der Waals surface area contributed by atoms with Crippen molar-refractivity contribution >= 4 is 10.8 Å². The summed E-state index contributed by atoms with van der Waals surface area (Å²) < 4.78 is 0. The Morgan fingerprint density at radius 2 is 1.40 bits per heavy atom. The lowest BCUT2D eigenvalue weighted by atomic mass is 10.2. The van der Waals surface area contributed by atoms with E-state index in [4.69, 9.17) is 0 Å². The van der Waals surface area contributed by atoms with Gasteiger partial charge >= 0.3 is 1.43 Å². The van der Waals surface area contributed by atoms with E-state index in [-0.39, 0.29) is 1.43 Å². The predicted molar refractivity (Wildman–Crippen MR) is 40.7 cm³/mol. The summed E-state index contributed by atoms with van der Waals surface area (Å²) in [7, 11) is 0. The number of hydrogen-bond donors (Lipinski definition) is 0. The summed E-state index contributed by atoms with van der Waals surface area (Å²) in [6.45, 7) is 0. The van der Waals surface area contributed by atoms with Gasteiger partial charge in [0.05, 0.1) is 0 Å². The van der Waals surface area contributed by atoms with E-state index < -0.39 is 0 Å². The average Bonchev–Trinajstić information content (AvgIpc) is 2.05. The lowest BCUT2D eigenvalue weighted by Gasteiger charge is -1.91. The number of aromatic nitrogens is 2. The minimum absolute atomic E-state index is 0. The summed E-state index contributed by atoms with van der Waals surface area (Å²) in [5.74, 6) is 0. The van der Waals surface area contributed by atoms with Gasteiger partial charge in [-0.1, -0.05) is 0 Å². The van der Waals surface area contributed by atoms with E-state index in [9.17, 15) is 0 Å². The Bertz CT molecular complexity index is 283. The van der Waals surface area contributed by atoms with Crippen LogP contribution in [0.25, 0.3) is 10.8 Å². The molecule has 0 unspecified atom stereocenters. The van der Waals surface area contributed by atoms with Crippen molar-refractivity contribution < 1.29 is 1.43 Å². The molecule has 0 aliphatic rings. The fourth-order valence-corrected chi connectivity index (χ4v) is 0.921. The van der Waals surface area contributed by atoms with Crippen LogP contribution >= 0.6 is 0 Å². The lowest BCUT2D eigenvalue weighted by Crippen LogP contribution is -1.74. The van der Waals surface area contributed by atoms with Crippen LogP contribution in [-0.2, 0) is 0 Å². The highest BCUT2D eigenvalue weighted by molar-refractivity contribution is 5.79. The Morgan fingerprint density at radius 1 is 0.900 bits per heavy atom. The second-order valence-corrected chi connectivity index (χ2v) is 2.10. The van der Waals surface area contributed by atoms with Crippen LogP contribution < -0.4 is 0 Å². The summed E-state index contributed by atoms with van der Waals surface area (Å²) in [6, 6.07) is 3.89. The van der Waals surface area contributed by atoms with Crippen molar-refractivity contribution in [3.8, 4) is 0 Å². The molecule has 0 aliphatic carbocycles. The highest BCUT2D eigenvalue weighted by atomic mass is 14.6. The third-order valence-electron chi connectivity index (χ3n) is 1.44. The van der Waals surface area contributed by atoms with Gasteiger partial charge in [-0.05, 0) is 12.1 Å². The smallest absolute Gasteiger partial charge is 0.264 e. The van der Waals surface area contributed by atoms with Crippen LogP contribution in [0.15, 0.2) is 36.9 Å². The zero-order valence-corrected chi connectivity index (χ0v) is 5.36. The molecule has 0 saturated carbocycles. The van der Waals surface area contributed by atoms with E-state index in [1.54, 1.807) is 12.4 Å². The number of fused-ring (bicyclic) bond motifs is 1. The molecule has 2 heteroatoms. The lowest BCUT2D eigenvalue weighted by molar-refractivity contribution is 1.32. The van der Waals surface area contributed by atoms with E-state index in [1.807, 2.05) is 24.5 Å². The molecule has 0 saturated heterocycles. The Labute approximate surface area is 60.0 Å². The fourth-order valence-electron chi connectivity index (χ4n) is 0.921. The van der Waals surface area contributed by atoms with Crippen LogP contribution in [-0.4, -0.2) is 9.97 Å². The number of rotatable bonds is 0. The normalized spacial score (nSPS) is 10.0. The van der Waals surface area contributed by atoms with Gasteiger partial charge in [-0.15, -0.1) is 0 Å². The van der Waals surface area contributed by atoms with E-state index in [0.29, 0.717) is 0 Å². The Kier molecular flexibility index (Phi) is 1.10. The largest absolute Gasteiger partial charge is 1.00 e. The van der Waals surface area contributed by atoms with E-state index in [2.05, 4.69) is 9.97 Å². The van der Waals surface area contributed by atoms with Gasteiger partial charge in [0.25, 0.3) is 0 Å². The van der Waals surface area contributed by atoms with Crippen molar-refractivity contribution in [2.75, 3.05) is 0 Å². The highest BCUT2D eigenvalue weighted by Gasteiger charge is 1.87. The van der Waals surface area contributed by atoms with Gasteiger partial charge in [0.15, 0.2) is 0 Å². The molecule has 0 aromatic carbocycles. The maximum Gasteiger partial charge on any atom is 1.00 e. The zero-order chi connectivity index (χ0) is 6.81. The van der Waals surface area contributed by atoms with Crippen molar-refractivity contribution in [1.29, 1.82) is 0 Å². The van der Waals surface area contributed by atoms with Crippen LogP contribution in [0.1, 0.15) is 1.43 Å². The highest BCUT2D eigenvalue weighted by Crippen LogP contribution is 2.07. The predicted octanol–water partition coefficient (Wildman–Crippen LogP) is 1.74. The molecule has 0 fully saturated rings. The van der Waals surface area contributed by atoms with Gasteiger partial charge in [0, 0.05) is 35.6 Å². The molecule has 0 bridgehead atoms. The van der Waals surface area contributed by atoms with Gasteiger partial charge in [-0.2, -0.15) is 0 Å². The molecular weight excluding hydrogens is 124 g/mol. The Balaban J connectivity index is 0.000000605. The van der Waals surface area contributed by atoms with E-state index in [1.165, 1.54) is 0 Å². The molecule has 48 valence electrons. The van der Waals surface area contributed by atoms with Crippen molar-refractivity contribution in [3.05, 3.63) is 36.9 Å². The first kappa shape index (κ1) is 5.35. The zero-order valence-electron chi connectivity index (χ0n) is 6.36. The molecule has 0 amide bonds. The van der Waals surface area contributed by atoms with Crippen molar-refractivity contribution in [1.82, 2.24) is 9.97 Å². The summed E-state index contributed by atoms with van der Waals surface area (Å²) in [6.07, 6.45) is 7.20. The molecule has 0 atom stereocenters. The first-order valence-electron chi connectivity index (χ1n) is 3.10. The molecule has 2 rings (SSSR count). The summed E-state index contributed by atoms with van der Waals surface area (Å²) >= 11 is 0. The van der Waals surface area contributed by atoms with Crippen LogP contribution in [0.2, 0.25) is 0 Å². The summed E-state index contributed by atoms with van der Waals surface area (Å²) in [5.41, 5.74) is 0. The van der Waals surface area contributed by atoms with Crippen LogP contribution in [0.5, 0.6) is 0 Å². The standard InChI is InChI=1S/C8H6N2/c1-3-9-6-8-2-4-10-5-7(1)8/h1-6H/p+1. The third kappa shape index (κ3) is 0.739. The van der Waals surface area contributed by atoms with E-state index in [0.717, 1.165) is 10.8 Å². The quantitative estimate of drug-likeness (QED) is 0.544. The maximum absolute atomic E-state index is 3.99. The second-order valence-electron chi connectivity index (χ2n) is 2.10. The summed E-state index contributed by atoms with van der Waals surface area (Å²) in [5, 5.41) is 2.27. The second kappa shape index (κ2) is 2.06. The van der Waals surface area contributed by atoms with Crippen molar-refractivity contribution in [2.45, 2.75) is 0 Å². The summed E-state index contributed by atoms with van der Waals surface area (Å²) in [4.78, 5) is 7.97. The van der Waals surface area contributed by atoms with Crippen LogP contribution in [0.3, 0.4) is 0 Å². The van der Waals surface area contributed by atoms with Gasteiger partial charge in [0.2, 0.25) is 0 Å². The van der Waals surface area contributed by atoms with Gasteiger partial charge in [-0.25, -0.2) is 0 Å². The van der Waals surface area contributed by atoms with Gasteiger partial charge in [-0.3, -0.25) is 9.97 Å². The fraction of sp³-hybridized carbons (Fsp3) is 0. The SMILES string of the molecule is [H+].c1cc2cnccc2cn1. The van der Waals surface area contributed by atoms with E-state index >= 15 is 0 Å². The average molecular weight is 131 g/mol. The molecular formula is C8H7N2+. The molecule has 0 N–H and O–H groups in total. The monoisotopic (exact) mass is 131 g/mol. The topological polar surface area (TPSA) is 25.8 Å². The molecule has 2 aromatic heterocycles. The Morgan fingerprint density at radius 3 is 1.90 bits per heavy atom. The molecule has 0 spiro atoms. The molecule has 2 nitrogen and oxygen atoms in total. The van der Waals surface area contributed by atoms with Gasteiger partial charge in [0.1, 0.15) is 0 Å². The van der Waals surface area contributed by atoms with Crippen molar-refractivity contribution in [2.24, 2.45) is 0 Å². The molecule has 0 aliphatic heterocycles. The molecule has 2 aromatic rings. The van der Waals surface area contributed by atoms with Crippen LogP contribution in [0.4, 0.5) is 0 Å². The number of nitrogens with zero attached hydrogens (tertiary/aromatic N) is 2. The van der Waals surface area contributed by atoms with Gasteiger partial charge < -0.3 is 0 Å². The molecule has 10 heavy (non-hydrogen) atoms. The minimum atomic E-state index is 0. The number of pyridine rings is 2. The first-order chi connectivity index (χ1) is 4.97. The molecule has 0 radical (unpaired) electrons. The van der Waals surface area contributed by atoms with Crippen molar-refractivity contribution in [3.63, 3.8) is 0 Å². The third-order valence-corrected chi connectivity index (χ3v) is 1.44. The minimum Gasteiger partial charge on any atom is -0.264 e.